The van der Waals surface area contributed by atoms with Gasteiger partial charge in [-0.25, -0.2) is 4.98 Å². The van der Waals surface area contributed by atoms with Crippen molar-refractivity contribution in [2.45, 2.75) is 0 Å². The summed E-state index contributed by atoms with van der Waals surface area (Å²) in [6, 6.07) is 15.3. The van der Waals surface area contributed by atoms with Gasteiger partial charge in [0.25, 0.3) is 5.91 Å². The Kier molecular flexibility index (Phi) is 5.32. The molecule has 0 saturated carbocycles. The predicted molar refractivity (Wildman–Crippen MR) is 112 cm³/mol. The zero-order chi connectivity index (χ0) is 19.5. The van der Waals surface area contributed by atoms with Crippen molar-refractivity contribution < 1.29 is 9.69 Å². The molecule has 0 unspecified atom stereocenters. The molecular formula is C21H23ClN5O+. The van der Waals surface area contributed by atoms with Gasteiger partial charge in [-0.1, -0.05) is 29.8 Å². The molecule has 6 nitrogen and oxygen atoms in total. The van der Waals surface area contributed by atoms with Gasteiger partial charge in [-0.05, 0) is 30.3 Å². The number of nitrogens with zero attached hydrogens (tertiary/aromatic N) is 3. The maximum atomic E-state index is 13.0. The van der Waals surface area contributed by atoms with Gasteiger partial charge in [-0.2, -0.15) is 0 Å². The van der Waals surface area contributed by atoms with Crippen molar-refractivity contribution in [1.29, 1.82) is 0 Å². The van der Waals surface area contributed by atoms with Crippen LogP contribution >= 0.6 is 11.6 Å². The third-order valence-electron chi connectivity index (χ3n) is 5.07. The summed E-state index contributed by atoms with van der Waals surface area (Å²) in [7, 11) is 2.20. The standard InChI is InChI=1S/C21H22ClN5O/c1-25-9-11-26(12-10-25)19-8-7-16(22)13-18(19)24-21(28)20-14-23-15-27(20)17-5-3-2-4-6-17/h2-8,13-15H,9-12H2,1H3,(H,24,28)/p+1. The van der Waals surface area contributed by atoms with Crippen LogP contribution in [0.15, 0.2) is 61.1 Å². The Balaban J connectivity index is 1.61. The molecule has 7 heteroatoms. The summed E-state index contributed by atoms with van der Waals surface area (Å²) in [4.78, 5) is 21.0. The van der Waals surface area contributed by atoms with Crippen LogP contribution in [0.5, 0.6) is 0 Å². The smallest absolute Gasteiger partial charge is 0.274 e. The van der Waals surface area contributed by atoms with Crippen LogP contribution in [0.2, 0.25) is 5.02 Å². The Morgan fingerprint density at radius 2 is 1.89 bits per heavy atom. The Morgan fingerprint density at radius 1 is 1.14 bits per heavy atom. The number of hydrogen-bond acceptors (Lipinski definition) is 3. The van der Waals surface area contributed by atoms with Gasteiger partial charge in [0.1, 0.15) is 5.69 Å². The highest BCUT2D eigenvalue weighted by atomic mass is 35.5. The van der Waals surface area contributed by atoms with Gasteiger partial charge < -0.3 is 15.1 Å². The Labute approximate surface area is 169 Å². The second-order valence-electron chi connectivity index (χ2n) is 7.04. The molecule has 0 bridgehead atoms. The molecule has 3 aromatic rings. The third kappa shape index (κ3) is 3.88. The van der Waals surface area contributed by atoms with Crippen LogP contribution in [-0.4, -0.2) is 48.7 Å². The summed E-state index contributed by atoms with van der Waals surface area (Å²) in [6.07, 6.45) is 3.22. The number of benzene rings is 2. The molecule has 0 aliphatic carbocycles. The summed E-state index contributed by atoms with van der Waals surface area (Å²) in [5.74, 6) is -0.218. The molecule has 0 spiro atoms. The molecule has 1 aliphatic heterocycles. The molecule has 2 heterocycles. The molecule has 144 valence electrons. The molecule has 1 amide bonds. The maximum absolute atomic E-state index is 13.0. The lowest BCUT2D eigenvalue weighted by Gasteiger charge is -2.33. The summed E-state index contributed by atoms with van der Waals surface area (Å²) in [6.45, 7) is 4.02. The largest absolute Gasteiger partial charge is 0.359 e. The average molecular weight is 397 g/mol. The van der Waals surface area contributed by atoms with Crippen LogP contribution in [0.4, 0.5) is 11.4 Å². The van der Waals surface area contributed by atoms with Crippen molar-refractivity contribution in [3.63, 3.8) is 0 Å². The molecule has 1 aromatic heterocycles. The van der Waals surface area contributed by atoms with Crippen molar-refractivity contribution >= 4 is 28.9 Å². The monoisotopic (exact) mass is 396 g/mol. The first-order chi connectivity index (χ1) is 13.6. The van der Waals surface area contributed by atoms with Crippen LogP contribution < -0.4 is 15.1 Å². The van der Waals surface area contributed by atoms with Crippen LogP contribution in [0.1, 0.15) is 10.5 Å². The van der Waals surface area contributed by atoms with Crippen molar-refractivity contribution in [2.24, 2.45) is 0 Å². The Morgan fingerprint density at radius 3 is 2.64 bits per heavy atom. The quantitative estimate of drug-likeness (QED) is 0.710. The SMILES string of the molecule is C[NH+]1CCN(c2ccc(Cl)cc2NC(=O)c2cncn2-c2ccccc2)CC1. The summed E-state index contributed by atoms with van der Waals surface area (Å²) >= 11 is 6.22. The van der Waals surface area contributed by atoms with Crippen molar-refractivity contribution in [3.8, 4) is 5.69 Å². The number of quaternary nitrogens is 1. The highest BCUT2D eigenvalue weighted by molar-refractivity contribution is 6.31. The lowest BCUT2D eigenvalue weighted by atomic mass is 10.2. The van der Waals surface area contributed by atoms with Gasteiger partial charge in [-0.3, -0.25) is 9.36 Å². The topological polar surface area (TPSA) is 54.6 Å². The van der Waals surface area contributed by atoms with E-state index in [9.17, 15) is 4.79 Å². The first kappa shape index (κ1) is 18.5. The van der Waals surface area contributed by atoms with Gasteiger partial charge in [0.2, 0.25) is 0 Å². The Bertz CT molecular complexity index is 964. The fourth-order valence-corrected chi connectivity index (χ4v) is 3.63. The van der Waals surface area contributed by atoms with Crippen LogP contribution in [0, 0.1) is 0 Å². The molecular weight excluding hydrogens is 374 g/mol. The van der Waals surface area contributed by atoms with E-state index in [0.29, 0.717) is 10.7 Å². The van der Waals surface area contributed by atoms with E-state index in [1.807, 2.05) is 48.5 Å². The average Bonchev–Trinajstić information content (AvgIpc) is 3.20. The highest BCUT2D eigenvalue weighted by Crippen LogP contribution is 2.30. The summed E-state index contributed by atoms with van der Waals surface area (Å²) in [5.41, 5.74) is 3.08. The number of likely N-dealkylation sites (N-methyl/N-ethyl adjacent to an activating group) is 1. The zero-order valence-electron chi connectivity index (χ0n) is 15.7. The number of hydrogen-bond donors (Lipinski definition) is 2. The molecule has 0 atom stereocenters. The van der Waals surface area contributed by atoms with Crippen molar-refractivity contribution in [3.05, 3.63) is 71.8 Å². The number of amides is 1. The van der Waals surface area contributed by atoms with E-state index in [2.05, 4.69) is 22.2 Å². The van der Waals surface area contributed by atoms with Crippen molar-refractivity contribution in [1.82, 2.24) is 9.55 Å². The molecule has 1 aliphatic rings. The fraction of sp³-hybridized carbons (Fsp3) is 0.238. The van der Waals surface area contributed by atoms with Crippen molar-refractivity contribution in [2.75, 3.05) is 43.4 Å². The minimum atomic E-state index is -0.218. The van der Waals surface area contributed by atoms with E-state index in [-0.39, 0.29) is 5.91 Å². The summed E-state index contributed by atoms with van der Waals surface area (Å²) in [5, 5.41) is 3.63. The molecule has 1 saturated heterocycles. The zero-order valence-corrected chi connectivity index (χ0v) is 16.5. The minimum absolute atomic E-state index is 0.218. The van der Waals surface area contributed by atoms with E-state index in [1.54, 1.807) is 17.1 Å². The number of nitrogens with one attached hydrogen (secondary N) is 2. The highest BCUT2D eigenvalue weighted by Gasteiger charge is 2.21. The molecule has 1 fully saturated rings. The maximum Gasteiger partial charge on any atom is 0.274 e. The number of carbonyl (C=O) groups is 1. The van der Waals surface area contributed by atoms with Gasteiger partial charge in [0.05, 0.1) is 57.1 Å². The van der Waals surface area contributed by atoms with E-state index in [0.717, 1.165) is 43.2 Å². The van der Waals surface area contributed by atoms with Gasteiger partial charge >= 0.3 is 0 Å². The molecule has 0 radical (unpaired) electrons. The third-order valence-corrected chi connectivity index (χ3v) is 5.31. The molecule has 2 aromatic carbocycles. The van der Waals surface area contributed by atoms with E-state index in [1.165, 1.54) is 4.90 Å². The number of piperazine rings is 1. The van der Waals surface area contributed by atoms with E-state index < -0.39 is 0 Å². The van der Waals surface area contributed by atoms with Gasteiger partial charge in [-0.15, -0.1) is 0 Å². The lowest BCUT2D eigenvalue weighted by molar-refractivity contribution is -0.880. The van der Waals surface area contributed by atoms with Crippen LogP contribution in [0.25, 0.3) is 5.69 Å². The normalized spacial score (nSPS) is 14.9. The molecule has 2 N–H and O–H groups in total. The number of carbonyl (C=O) groups excluding carboxylic acids is 1. The fourth-order valence-electron chi connectivity index (χ4n) is 3.46. The van der Waals surface area contributed by atoms with Gasteiger partial charge in [0, 0.05) is 10.7 Å². The Hall–Kier alpha value is -2.83. The van der Waals surface area contributed by atoms with E-state index in [4.69, 9.17) is 11.6 Å². The summed E-state index contributed by atoms with van der Waals surface area (Å²) < 4.78 is 1.78. The second kappa shape index (κ2) is 8.04. The minimum Gasteiger partial charge on any atom is -0.359 e. The number of imidazole rings is 1. The van der Waals surface area contributed by atoms with E-state index >= 15 is 0 Å². The van der Waals surface area contributed by atoms with Crippen LogP contribution in [0.3, 0.4) is 0 Å². The van der Waals surface area contributed by atoms with Crippen LogP contribution in [-0.2, 0) is 0 Å². The molecule has 4 rings (SSSR count). The first-order valence-electron chi connectivity index (χ1n) is 9.37. The molecule has 28 heavy (non-hydrogen) atoms. The number of aromatic nitrogens is 2. The lowest BCUT2D eigenvalue weighted by Crippen LogP contribution is -3.12. The number of rotatable bonds is 4. The number of para-hydroxylation sites is 1. The van der Waals surface area contributed by atoms with Gasteiger partial charge in [0.15, 0.2) is 0 Å². The number of halogens is 1. The number of anilines is 2. The predicted octanol–water partition coefficient (Wildman–Crippen LogP) is 2.11. The first-order valence-corrected chi connectivity index (χ1v) is 9.74. The second-order valence-corrected chi connectivity index (χ2v) is 7.48.